The van der Waals surface area contributed by atoms with Gasteiger partial charge >= 0.3 is 0 Å². The maximum absolute atomic E-state index is 11.7. The van der Waals surface area contributed by atoms with E-state index in [1.165, 1.54) is 6.92 Å². The van der Waals surface area contributed by atoms with Crippen LogP contribution in [0.5, 0.6) is 0 Å². The first kappa shape index (κ1) is 18.2. The summed E-state index contributed by atoms with van der Waals surface area (Å²) in [5.41, 5.74) is 3.33. The number of aromatic nitrogens is 4. The summed E-state index contributed by atoms with van der Waals surface area (Å²) in [7, 11) is 0. The fourth-order valence-corrected chi connectivity index (χ4v) is 5.06. The Balaban J connectivity index is 1.37. The van der Waals surface area contributed by atoms with Crippen LogP contribution in [0.25, 0.3) is 11.0 Å². The zero-order valence-corrected chi connectivity index (χ0v) is 16.7. The second kappa shape index (κ2) is 6.91. The normalized spacial score (nSPS) is 26.7. The molecule has 0 bridgehead atoms. The molecule has 4 atom stereocenters. The summed E-state index contributed by atoms with van der Waals surface area (Å²) in [4.78, 5) is 27.4. The van der Waals surface area contributed by atoms with Gasteiger partial charge in [0.25, 0.3) is 0 Å². The van der Waals surface area contributed by atoms with Crippen molar-refractivity contribution in [3.05, 3.63) is 48.0 Å². The third-order valence-corrected chi connectivity index (χ3v) is 6.58. The number of Topliss-reactive ketones (excluding diaryl/α,β-unsaturated/α-hetero) is 1. The second-order valence-electron chi connectivity index (χ2n) is 8.40. The smallest absolute Gasteiger partial charge is 0.225 e. The quantitative estimate of drug-likeness (QED) is 0.691. The molecular formula is C22H25N5O2. The lowest BCUT2D eigenvalue weighted by Gasteiger charge is -2.36. The van der Waals surface area contributed by atoms with Crippen molar-refractivity contribution in [2.45, 2.75) is 38.8 Å². The van der Waals surface area contributed by atoms with Gasteiger partial charge < -0.3 is 14.6 Å². The fourth-order valence-electron chi connectivity index (χ4n) is 5.06. The minimum atomic E-state index is -0.392. The molecular weight excluding hydrogens is 366 g/mol. The van der Waals surface area contributed by atoms with E-state index in [0.29, 0.717) is 23.3 Å². The average molecular weight is 391 g/mol. The second-order valence-corrected chi connectivity index (χ2v) is 8.40. The van der Waals surface area contributed by atoms with E-state index in [1.54, 1.807) is 6.20 Å². The Morgan fingerprint density at radius 1 is 1.14 bits per heavy atom. The van der Waals surface area contributed by atoms with E-state index in [-0.39, 0.29) is 11.8 Å². The molecule has 0 amide bonds. The number of nitrogens with zero attached hydrogens (tertiary/aromatic N) is 5. The Labute approximate surface area is 169 Å². The van der Waals surface area contributed by atoms with Gasteiger partial charge in [-0.25, -0.2) is 15.0 Å². The van der Waals surface area contributed by atoms with E-state index in [0.717, 1.165) is 42.7 Å². The van der Waals surface area contributed by atoms with Gasteiger partial charge in [0.15, 0.2) is 5.78 Å². The predicted molar refractivity (Wildman–Crippen MR) is 110 cm³/mol. The van der Waals surface area contributed by atoms with Crippen LogP contribution >= 0.6 is 0 Å². The van der Waals surface area contributed by atoms with Gasteiger partial charge in [-0.1, -0.05) is 12.1 Å². The topological polar surface area (TPSA) is 84.1 Å². The molecule has 3 heterocycles. The van der Waals surface area contributed by atoms with Gasteiger partial charge in [-0.15, -0.1) is 0 Å². The van der Waals surface area contributed by atoms with Crippen molar-refractivity contribution in [3.8, 4) is 0 Å². The largest absolute Gasteiger partial charge is 0.391 e. The number of rotatable bonds is 3. The number of hydrogen-bond donors (Lipinski definition) is 1. The van der Waals surface area contributed by atoms with E-state index >= 15 is 0 Å². The van der Waals surface area contributed by atoms with Crippen LogP contribution in [0.2, 0.25) is 0 Å². The van der Waals surface area contributed by atoms with Crippen LogP contribution < -0.4 is 4.90 Å². The highest BCUT2D eigenvalue weighted by molar-refractivity contribution is 5.94. The van der Waals surface area contributed by atoms with Gasteiger partial charge in [0, 0.05) is 19.3 Å². The van der Waals surface area contributed by atoms with Crippen LogP contribution in [0, 0.1) is 18.8 Å². The lowest BCUT2D eigenvalue weighted by atomic mass is 9.77. The molecule has 7 nitrogen and oxygen atoms in total. The molecule has 2 fully saturated rings. The lowest BCUT2D eigenvalue weighted by Crippen LogP contribution is -2.36. The molecule has 1 saturated heterocycles. The molecule has 2 aliphatic rings. The van der Waals surface area contributed by atoms with Crippen LogP contribution in [0.1, 0.15) is 41.9 Å². The lowest BCUT2D eigenvalue weighted by molar-refractivity contribution is 0.0375. The van der Waals surface area contributed by atoms with Crippen molar-refractivity contribution in [2.24, 2.45) is 11.8 Å². The molecule has 150 valence electrons. The van der Waals surface area contributed by atoms with E-state index in [9.17, 15) is 9.90 Å². The molecule has 1 saturated carbocycles. The summed E-state index contributed by atoms with van der Waals surface area (Å²) < 4.78 is 2.14. The molecule has 1 aliphatic carbocycles. The highest BCUT2D eigenvalue weighted by Gasteiger charge is 2.43. The summed E-state index contributed by atoms with van der Waals surface area (Å²) >= 11 is 0. The van der Waals surface area contributed by atoms with Crippen molar-refractivity contribution in [1.29, 1.82) is 0 Å². The van der Waals surface area contributed by atoms with Gasteiger partial charge in [0.2, 0.25) is 5.95 Å². The third-order valence-electron chi connectivity index (χ3n) is 6.58. The van der Waals surface area contributed by atoms with E-state index < -0.39 is 6.10 Å². The number of anilines is 1. The number of benzene rings is 1. The van der Waals surface area contributed by atoms with Crippen molar-refractivity contribution in [1.82, 2.24) is 19.5 Å². The number of aliphatic hydroxyl groups is 1. The van der Waals surface area contributed by atoms with Gasteiger partial charge in [0.05, 0.1) is 40.8 Å². The van der Waals surface area contributed by atoms with Crippen LogP contribution in [0.3, 0.4) is 0 Å². The van der Waals surface area contributed by atoms with Crippen molar-refractivity contribution in [3.63, 3.8) is 0 Å². The summed E-state index contributed by atoms with van der Waals surface area (Å²) in [6.07, 6.45) is 4.78. The highest BCUT2D eigenvalue weighted by atomic mass is 16.3. The minimum Gasteiger partial charge on any atom is -0.391 e. The number of imidazole rings is 1. The predicted octanol–water partition coefficient (Wildman–Crippen LogP) is 2.79. The summed E-state index contributed by atoms with van der Waals surface area (Å²) in [6.45, 7) is 5.11. The molecule has 7 heteroatoms. The Morgan fingerprint density at radius 2 is 1.90 bits per heavy atom. The molecule has 0 radical (unpaired) electrons. The minimum absolute atomic E-state index is 0.0114. The Kier molecular flexibility index (Phi) is 4.35. The standard InChI is InChI=1S/C22H25N5O2/c1-13-17(14(2)28)9-23-22(25-13)26-10-15-7-20(21(29)8-16(15)11-26)27-12-24-18-5-3-4-6-19(18)27/h3-6,9,12,15-16,20-21,29H,7-8,10-11H2,1-2H3/t15-,16+,20-,21-/m1/s1. The SMILES string of the molecule is CC(=O)c1cnc(N2C[C@H]3C[C@@H](n4cnc5ccccc54)[C@H](O)C[C@H]3C2)nc1C. The molecule has 0 unspecified atom stereocenters. The molecule has 1 N–H and O–H groups in total. The Morgan fingerprint density at radius 3 is 2.66 bits per heavy atom. The molecule has 0 spiro atoms. The number of fused-ring (bicyclic) bond motifs is 2. The van der Waals surface area contributed by atoms with Gasteiger partial charge in [-0.2, -0.15) is 0 Å². The fraction of sp³-hybridized carbons (Fsp3) is 0.455. The van der Waals surface area contributed by atoms with Crippen LogP contribution in [0.15, 0.2) is 36.8 Å². The number of para-hydroxylation sites is 2. The summed E-state index contributed by atoms with van der Waals surface area (Å²) in [5.74, 6) is 1.57. The maximum Gasteiger partial charge on any atom is 0.225 e. The molecule has 5 rings (SSSR count). The third kappa shape index (κ3) is 3.09. The molecule has 29 heavy (non-hydrogen) atoms. The average Bonchev–Trinajstić information content (AvgIpc) is 3.30. The molecule has 1 aromatic carbocycles. The highest BCUT2D eigenvalue weighted by Crippen LogP contribution is 2.42. The number of aryl methyl sites for hydroxylation is 1. The summed E-state index contributed by atoms with van der Waals surface area (Å²) in [6, 6.07) is 8.11. The first-order valence-corrected chi connectivity index (χ1v) is 10.2. The van der Waals surface area contributed by atoms with E-state index in [1.807, 2.05) is 31.5 Å². The van der Waals surface area contributed by atoms with E-state index in [4.69, 9.17) is 0 Å². The number of carbonyl (C=O) groups is 1. The van der Waals surface area contributed by atoms with Crippen LogP contribution in [-0.4, -0.2) is 49.6 Å². The first-order chi connectivity index (χ1) is 14.0. The number of aliphatic hydroxyl groups excluding tert-OH is 1. The zero-order valence-electron chi connectivity index (χ0n) is 16.7. The van der Waals surface area contributed by atoms with Crippen molar-refractivity contribution < 1.29 is 9.90 Å². The number of ketones is 1. The van der Waals surface area contributed by atoms with Gasteiger partial charge in [0.1, 0.15) is 0 Å². The van der Waals surface area contributed by atoms with E-state index in [2.05, 4.69) is 30.5 Å². The number of hydrogen-bond acceptors (Lipinski definition) is 6. The first-order valence-electron chi connectivity index (χ1n) is 10.2. The van der Waals surface area contributed by atoms with Crippen LogP contribution in [-0.2, 0) is 0 Å². The monoisotopic (exact) mass is 391 g/mol. The zero-order chi connectivity index (χ0) is 20.1. The van der Waals surface area contributed by atoms with Crippen molar-refractivity contribution >= 4 is 22.8 Å². The van der Waals surface area contributed by atoms with Crippen LogP contribution in [0.4, 0.5) is 5.95 Å². The molecule has 3 aromatic rings. The Hall–Kier alpha value is -2.80. The molecule has 1 aliphatic heterocycles. The molecule has 2 aromatic heterocycles. The summed E-state index contributed by atoms with van der Waals surface area (Å²) in [5, 5.41) is 10.9. The maximum atomic E-state index is 11.7. The Bertz CT molecular complexity index is 1080. The van der Waals surface area contributed by atoms with Crippen molar-refractivity contribution in [2.75, 3.05) is 18.0 Å². The van der Waals surface area contributed by atoms with Gasteiger partial charge in [-0.3, -0.25) is 4.79 Å². The number of carbonyl (C=O) groups excluding carboxylic acids is 1. The van der Waals surface area contributed by atoms with Gasteiger partial charge in [-0.05, 0) is 50.7 Å².